The molecule has 6 unspecified atom stereocenters. The number of phenols is 1. The summed E-state index contributed by atoms with van der Waals surface area (Å²) in [7, 11) is 0. The number of carbonyl (C=O) groups is 4. The summed E-state index contributed by atoms with van der Waals surface area (Å²) in [6.45, 7) is 3.53. The van der Waals surface area contributed by atoms with Crippen molar-refractivity contribution in [3.8, 4) is 5.75 Å². The fourth-order valence-corrected chi connectivity index (χ4v) is 8.13. The van der Waals surface area contributed by atoms with Gasteiger partial charge in [-0.25, -0.2) is 9.29 Å². The lowest BCUT2D eigenvalue weighted by molar-refractivity contribution is -0.131. The molecule has 3 fully saturated rings. The van der Waals surface area contributed by atoms with E-state index < -0.39 is 52.6 Å². The number of halogens is 2. The number of amides is 4. The van der Waals surface area contributed by atoms with E-state index in [1.54, 1.807) is 50.2 Å². The SMILES string of the molecule is Cc1cc(C2C3=CCC4C(=O)N(c5ccccc5)C(=O)C4C3CC3C(=O)N(c4ccc(F)c(Cl)c4)C(=O)C32C)ccc1O. The maximum absolute atomic E-state index is 14.4. The van der Waals surface area contributed by atoms with Crippen LogP contribution in [0, 0.1) is 41.8 Å². The Morgan fingerprint density at radius 2 is 1.63 bits per heavy atom. The minimum absolute atomic E-state index is 0.0991. The zero-order valence-corrected chi connectivity index (χ0v) is 24.2. The highest BCUT2D eigenvalue weighted by Crippen LogP contribution is 2.63. The lowest BCUT2D eigenvalue weighted by Gasteiger charge is -2.49. The summed E-state index contributed by atoms with van der Waals surface area (Å²) in [6.07, 6.45) is 2.52. The molecule has 2 heterocycles. The predicted molar refractivity (Wildman–Crippen MR) is 158 cm³/mol. The van der Waals surface area contributed by atoms with E-state index in [-0.39, 0.29) is 34.7 Å². The van der Waals surface area contributed by atoms with Gasteiger partial charge in [0.05, 0.1) is 39.6 Å². The van der Waals surface area contributed by atoms with E-state index in [2.05, 4.69) is 0 Å². The van der Waals surface area contributed by atoms with Crippen molar-refractivity contribution < 1.29 is 28.7 Å². The fraction of sp³-hybridized carbons (Fsp3) is 0.294. The van der Waals surface area contributed by atoms with Crippen LogP contribution in [0.5, 0.6) is 5.75 Å². The average Bonchev–Trinajstić information content (AvgIpc) is 3.36. The lowest BCUT2D eigenvalue weighted by Crippen LogP contribution is -2.48. The summed E-state index contributed by atoms with van der Waals surface area (Å²) >= 11 is 6.06. The number of imide groups is 2. The molecule has 2 aliphatic carbocycles. The molecule has 0 radical (unpaired) electrons. The van der Waals surface area contributed by atoms with Crippen LogP contribution in [0.15, 0.2) is 78.4 Å². The molecule has 1 N–H and O–H groups in total. The summed E-state index contributed by atoms with van der Waals surface area (Å²) in [6, 6.07) is 17.7. The predicted octanol–water partition coefficient (Wildman–Crippen LogP) is 5.93. The van der Waals surface area contributed by atoms with Gasteiger partial charge in [-0.3, -0.25) is 24.1 Å². The van der Waals surface area contributed by atoms with Crippen LogP contribution in [0.1, 0.15) is 36.8 Å². The van der Waals surface area contributed by atoms with E-state index in [0.29, 0.717) is 17.7 Å². The Hall–Kier alpha value is -4.30. The quantitative estimate of drug-likeness (QED) is 0.298. The van der Waals surface area contributed by atoms with Crippen LogP contribution in [0.3, 0.4) is 0 Å². The number of aryl methyl sites for hydroxylation is 1. The second-order valence-corrected chi connectivity index (χ2v) is 12.6. The molecule has 218 valence electrons. The standard InChI is InChI=1S/C34H28ClFN2O5/c1-17-14-18(8-13-27(17)39)29-21-10-11-22-28(32(42)37(30(22)40)19-6-4-3-5-7-19)23(21)16-24-31(41)38(33(43)34(24,29)2)20-9-12-26(36)25(35)15-20/h3-10,12-15,22-24,28-29,39H,11,16H2,1-2H3. The van der Waals surface area contributed by atoms with Gasteiger partial charge >= 0.3 is 0 Å². The third kappa shape index (κ3) is 3.78. The molecule has 2 aliphatic heterocycles. The Balaban J connectivity index is 1.38. The number of allylic oxidation sites excluding steroid dienone is 2. The number of nitrogens with zero attached hydrogens (tertiary/aromatic N) is 2. The first-order valence-electron chi connectivity index (χ1n) is 14.3. The van der Waals surface area contributed by atoms with Crippen molar-refractivity contribution in [3.05, 3.63) is 100 Å². The Kier molecular flexibility index (Phi) is 6.15. The van der Waals surface area contributed by atoms with E-state index in [1.807, 2.05) is 18.2 Å². The van der Waals surface area contributed by atoms with Crippen molar-refractivity contribution in [2.24, 2.45) is 29.1 Å². The van der Waals surface area contributed by atoms with Gasteiger partial charge in [-0.05, 0) is 80.1 Å². The Morgan fingerprint density at radius 3 is 2.33 bits per heavy atom. The number of hydrogen-bond donors (Lipinski definition) is 1. The second kappa shape index (κ2) is 9.61. The molecule has 0 aromatic heterocycles. The van der Waals surface area contributed by atoms with E-state index in [9.17, 15) is 28.7 Å². The van der Waals surface area contributed by atoms with Gasteiger partial charge in [0.25, 0.3) is 0 Å². The van der Waals surface area contributed by atoms with Gasteiger partial charge < -0.3 is 5.11 Å². The van der Waals surface area contributed by atoms with Crippen LogP contribution in [0.2, 0.25) is 5.02 Å². The number of rotatable bonds is 3. The molecule has 4 amide bonds. The van der Waals surface area contributed by atoms with Crippen LogP contribution < -0.4 is 9.80 Å². The zero-order chi connectivity index (χ0) is 30.4. The molecule has 1 saturated carbocycles. The lowest BCUT2D eigenvalue weighted by atomic mass is 9.51. The molecule has 3 aromatic rings. The molecule has 2 saturated heterocycles. The first-order chi connectivity index (χ1) is 20.5. The molecule has 7 nitrogen and oxygen atoms in total. The molecule has 3 aromatic carbocycles. The third-order valence-electron chi connectivity index (χ3n) is 10.0. The number of anilines is 2. The number of phenolic OH excluding ortho intramolecular Hbond substituents is 1. The fourth-order valence-electron chi connectivity index (χ4n) is 7.96. The highest BCUT2D eigenvalue weighted by atomic mass is 35.5. The number of fused-ring (bicyclic) bond motifs is 4. The Morgan fingerprint density at radius 1 is 0.884 bits per heavy atom. The highest BCUT2D eigenvalue weighted by molar-refractivity contribution is 6.32. The normalized spacial score (nSPS) is 29.9. The largest absolute Gasteiger partial charge is 0.508 e. The summed E-state index contributed by atoms with van der Waals surface area (Å²) in [5.74, 6) is -5.19. The minimum Gasteiger partial charge on any atom is -0.508 e. The average molecular weight is 599 g/mol. The number of carbonyl (C=O) groups excluding carboxylic acids is 4. The van der Waals surface area contributed by atoms with Crippen molar-refractivity contribution in [2.75, 3.05) is 9.80 Å². The van der Waals surface area contributed by atoms with Crippen molar-refractivity contribution in [3.63, 3.8) is 0 Å². The van der Waals surface area contributed by atoms with Crippen molar-refractivity contribution in [1.82, 2.24) is 0 Å². The van der Waals surface area contributed by atoms with Gasteiger partial charge in [0, 0.05) is 5.92 Å². The van der Waals surface area contributed by atoms with Gasteiger partial charge in [-0.1, -0.05) is 53.6 Å². The first-order valence-corrected chi connectivity index (χ1v) is 14.7. The number of benzene rings is 3. The second-order valence-electron chi connectivity index (χ2n) is 12.2. The van der Waals surface area contributed by atoms with E-state index in [0.717, 1.165) is 22.1 Å². The third-order valence-corrected chi connectivity index (χ3v) is 10.3. The van der Waals surface area contributed by atoms with Crippen LogP contribution in [0.25, 0.3) is 0 Å². The number of aromatic hydroxyl groups is 1. The summed E-state index contributed by atoms with van der Waals surface area (Å²) < 4.78 is 14.0. The minimum atomic E-state index is -1.25. The topological polar surface area (TPSA) is 95.0 Å². The smallest absolute Gasteiger partial charge is 0.241 e. The Bertz CT molecular complexity index is 1770. The maximum Gasteiger partial charge on any atom is 0.241 e. The van der Waals surface area contributed by atoms with Crippen molar-refractivity contribution in [2.45, 2.75) is 32.6 Å². The van der Waals surface area contributed by atoms with Gasteiger partial charge in [0.15, 0.2) is 0 Å². The molecule has 7 rings (SSSR count). The molecule has 6 atom stereocenters. The van der Waals surface area contributed by atoms with Crippen molar-refractivity contribution >= 4 is 46.6 Å². The molecule has 4 aliphatic rings. The maximum atomic E-state index is 14.4. The molecule has 9 heteroatoms. The van der Waals surface area contributed by atoms with Gasteiger partial charge in [-0.15, -0.1) is 0 Å². The van der Waals surface area contributed by atoms with Crippen LogP contribution in [0.4, 0.5) is 15.8 Å². The van der Waals surface area contributed by atoms with Gasteiger partial charge in [0.1, 0.15) is 11.6 Å². The summed E-state index contributed by atoms with van der Waals surface area (Å²) in [5, 5.41) is 10.1. The van der Waals surface area contributed by atoms with Crippen molar-refractivity contribution in [1.29, 1.82) is 0 Å². The number of para-hydroxylation sites is 1. The van der Waals surface area contributed by atoms with E-state index in [4.69, 9.17) is 11.6 Å². The first kappa shape index (κ1) is 27.5. The van der Waals surface area contributed by atoms with Crippen LogP contribution in [-0.2, 0) is 19.2 Å². The Labute approximate surface area is 252 Å². The molecule has 43 heavy (non-hydrogen) atoms. The van der Waals surface area contributed by atoms with Gasteiger partial charge in [0.2, 0.25) is 23.6 Å². The number of hydrogen-bond acceptors (Lipinski definition) is 5. The summed E-state index contributed by atoms with van der Waals surface area (Å²) in [4.78, 5) is 58.7. The monoisotopic (exact) mass is 598 g/mol. The highest BCUT2D eigenvalue weighted by Gasteiger charge is 2.67. The molecular weight excluding hydrogens is 571 g/mol. The molecule has 0 bridgehead atoms. The summed E-state index contributed by atoms with van der Waals surface area (Å²) in [5.41, 5.74) is 1.62. The van der Waals surface area contributed by atoms with Crippen LogP contribution in [-0.4, -0.2) is 28.7 Å². The van der Waals surface area contributed by atoms with E-state index >= 15 is 0 Å². The van der Waals surface area contributed by atoms with Gasteiger partial charge in [-0.2, -0.15) is 0 Å². The van der Waals surface area contributed by atoms with Crippen LogP contribution >= 0.6 is 11.6 Å². The van der Waals surface area contributed by atoms with E-state index in [1.165, 1.54) is 17.0 Å². The molecular formula is C34H28ClFN2O5. The zero-order valence-electron chi connectivity index (χ0n) is 23.5. The molecule has 0 spiro atoms.